The van der Waals surface area contributed by atoms with Crippen LogP contribution in [-0.4, -0.2) is 30.6 Å². The van der Waals surface area contributed by atoms with E-state index in [1.165, 1.54) is 44.3 Å². The van der Waals surface area contributed by atoms with E-state index in [9.17, 15) is 0 Å². The van der Waals surface area contributed by atoms with Gasteiger partial charge in [-0.05, 0) is 49.6 Å². The smallest absolute Gasteiger partial charge is 0.0221 e. The van der Waals surface area contributed by atoms with Crippen molar-refractivity contribution < 1.29 is 0 Å². The van der Waals surface area contributed by atoms with Gasteiger partial charge in [0.2, 0.25) is 0 Å². The first-order valence-electron chi connectivity index (χ1n) is 8.21. The lowest BCUT2D eigenvalue weighted by Crippen LogP contribution is -2.40. The summed E-state index contributed by atoms with van der Waals surface area (Å²) < 4.78 is 0. The molecule has 0 bridgehead atoms. The summed E-state index contributed by atoms with van der Waals surface area (Å²) in [7, 11) is 0. The second kappa shape index (κ2) is 7.24. The summed E-state index contributed by atoms with van der Waals surface area (Å²) in [6, 6.07) is 11.3. The van der Waals surface area contributed by atoms with Crippen molar-refractivity contribution in [1.29, 1.82) is 0 Å². The quantitative estimate of drug-likeness (QED) is 0.825. The Morgan fingerprint density at radius 1 is 1.20 bits per heavy atom. The van der Waals surface area contributed by atoms with Crippen LogP contribution in [0.25, 0.3) is 0 Å². The maximum atomic E-state index is 6.05. The Balaban J connectivity index is 1.89. The SMILES string of the molecule is CCC1(CC)CCN(C(CN)CCc2ccccc2)C1. The Hall–Kier alpha value is -0.860. The molecule has 2 nitrogen and oxygen atoms in total. The summed E-state index contributed by atoms with van der Waals surface area (Å²) >= 11 is 0. The summed E-state index contributed by atoms with van der Waals surface area (Å²) in [5, 5.41) is 0. The van der Waals surface area contributed by atoms with Crippen LogP contribution in [0.15, 0.2) is 30.3 Å². The van der Waals surface area contributed by atoms with E-state index in [0.717, 1.165) is 13.0 Å². The van der Waals surface area contributed by atoms with E-state index in [0.29, 0.717) is 11.5 Å². The van der Waals surface area contributed by atoms with Gasteiger partial charge in [-0.25, -0.2) is 0 Å². The van der Waals surface area contributed by atoms with Gasteiger partial charge >= 0.3 is 0 Å². The Morgan fingerprint density at radius 2 is 1.90 bits per heavy atom. The molecule has 1 aromatic carbocycles. The van der Waals surface area contributed by atoms with Gasteiger partial charge in [0.15, 0.2) is 0 Å². The molecular formula is C18H30N2. The minimum absolute atomic E-state index is 0.551. The zero-order valence-corrected chi connectivity index (χ0v) is 13.1. The molecule has 0 saturated carbocycles. The van der Waals surface area contributed by atoms with Crippen LogP contribution in [0.3, 0.4) is 0 Å². The molecule has 2 N–H and O–H groups in total. The molecular weight excluding hydrogens is 244 g/mol. The summed E-state index contributed by atoms with van der Waals surface area (Å²) in [4.78, 5) is 2.65. The van der Waals surface area contributed by atoms with Gasteiger partial charge in [0.05, 0.1) is 0 Å². The molecule has 2 heteroatoms. The third kappa shape index (κ3) is 3.62. The van der Waals surface area contributed by atoms with Gasteiger partial charge in [0.25, 0.3) is 0 Å². The van der Waals surface area contributed by atoms with Gasteiger partial charge < -0.3 is 5.73 Å². The molecule has 0 amide bonds. The zero-order chi connectivity index (χ0) is 14.4. The van der Waals surface area contributed by atoms with Crippen LogP contribution >= 0.6 is 0 Å². The van der Waals surface area contributed by atoms with Gasteiger partial charge in [-0.1, -0.05) is 44.2 Å². The van der Waals surface area contributed by atoms with E-state index < -0.39 is 0 Å². The molecule has 1 unspecified atom stereocenters. The van der Waals surface area contributed by atoms with Crippen molar-refractivity contribution in [2.45, 2.75) is 52.0 Å². The molecule has 1 saturated heterocycles. The second-order valence-electron chi connectivity index (χ2n) is 6.34. The minimum atomic E-state index is 0.551. The standard InChI is InChI=1S/C18H30N2/c1-3-18(4-2)12-13-20(15-18)17(14-19)11-10-16-8-6-5-7-9-16/h5-9,17H,3-4,10-15,19H2,1-2H3. The largest absolute Gasteiger partial charge is 0.329 e. The highest BCUT2D eigenvalue weighted by Crippen LogP contribution is 2.38. The molecule has 1 fully saturated rings. The average Bonchev–Trinajstić information content (AvgIpc) is 2.94. The Bertz CT molecular complexity index is 384. The Morgan fingerprint density at radius 3 is 2.45 bits per heavy atom. The van der Waals surface area contributed by atoms with Crippen molar-refractivity contribution in [1.82, 2.24) is 4.90 Å². The Kier molecular flexibility index (Phi) is 5.62. The van der Waals surface area contributed by atoms with Crippen LogP contribution in [0.5, 0.6) is 0 Å². The van der Waals surface area contributed by atoms with Gasteiger partial charge in [-0.15, -0.1) is 0 Å². The van der Waals surface area contributed by atoms with Crippen LogP contribution in [0.2, 0.25) is 0 Å². The lowest BCUT2D eigenvalue weighted by atomic mass is 9.82. The number of hydrogen-bond donors (Lipinski definition) is 1. The topological polar surface area (TPSA) is 29.3 Å². The maximum absolute atomic E-state index is 6.05. The predicted molar refractivity (Wildman–Crippen MR) is 86.8 cm³/mol. The number of rotatable bonds is 7. The lowest BCUT2D eigenvalue weighted by molar-refractivity contribution is 0.189. The van der Waals surface area contributed by atoms with Crippen molar-refractivity contribution in [3.63, 3.8) is 0 Å². The fourth-order valence-electron chi connectivity index (χ4n) is 3.54. The number of likely N-dealkylation sites (tertiary alicyclic amines) is 1. The van der Waals surface area contributed by atoms with Crippen LogP contribution < -0.4 is 5.73 Å². The van der Waals surface area contributed by atoms with Crippen LogP contribution in [0.4, 0.5) is 0 Å². The van der Waals surface area contributed by atoms with E-state index in [-0.39, 0.29) is 0 Å². The third-order valence-corrected chi connectivity index (χ3v) is 5.37. The van der Waals surface area contributed by atoms with Crippen molar-refractivity contribution in [3.8, 4) is 0 Å². The highest BCUT2D eigenvalue weighted by atomic mass is 15.2. The van der Waals surface area contributed by atoms with E-state index in [1.54, 1.807) is 0 Å². The van der Waals surface area contributed by atoms with E-state index in [4.69, 9.17) is 5.73 Å². The first-order chi connectivity index (χ1) is 9.73. The van der Waals surface area contributed by atoms with E-state index >= 15 is 0 Å². The van der Waals surface area contributed by atoms with E-state index in [2.05, 4.69) is 49.1 Å². The number of aryl methyl sites for hydroxylation is 1. The number of hydrogen-bond acceptors (Lipinski definition) is 2. The molecule has 1 aliphatic heterocycles. The van der Waals surface area contributed by atoms with Crippen molar-refractivity contribution in [2.75, 3.05) is 19.6 Å². The number of nitrogens with zero attached hydrogens (tertiary/aromatic N) is 1. The van der Waals surface area contributed by atoms with E-state index in [1.807, 2.05) is 0 Å². The third-order valence-electron chi connectivity index (χ3n) is 5.37. The minimum Gasteiger partial charge on any atom is -0.329 e. The molecule has 0 radical (unpaired) electrons. The molecule has 1 heterocycles. The molecule has 1 atom stereocenters. The summed E-state index contributed by atoms with van der Waals surface area (Å²) in [6.07, 6.45) is 6.28. The zero-order valence-electron chi connectivity index (χ0n) is 13.1. The van der Waals surface area contributed by atoms with Gasteiger partial charge in [0, 0.05) is 19.1 Å². The summed E-state index contributed by atoms with van der Waals surface area (Å²) in [5.41, 5.74) is 8.04. The van der Waals surface area contributed by atoms with Crippen molar-refractivity contribution in [2.24, 2.45) is 11.1 Å². The fourth-order valence-corrected chi connectivity index (χ4v) is 3.54. The van der Waals surface area contributed by atoms with Crippen molar-refractivity contribution in [3.05, 3.63) is 35.9 Å². The molecule has 1 aromatic rings. The van der Waals surface area contributed by atoms with Gasteiger partial charge in [-0.2, -0.15) is 0 Å². The van der Waals surface area contributed by atoms with Gasteiger partial charge in [-0.3, -0.25) is 4.90 Å². The van der Waals surface area contributed by atoms with Crippen molar-refractivity contribution >= 4 is 0 Å². The van der Waals surface area contributed by atoms with Gasteiger partial charge in [0.1, 0.15) is 0 Å². The highest BCUT2D eigenvalue weighted by molar-refractivity contribution is 5.14. The summed E-state index contributed by atoms with van der Waals surface area (Å²) in [6.45, 7) is 7.95. The first kappa shape index (κ1) is 15.5. The monoisotopic (exact) mass is 274 g/mol. The molecule has 20 heavy (non-hydrogen) atoms. The predicted octanol–water partition coefficient (Wildman–Crippen LogP) is 3.46. The Labute approximate surface area is 124 Å². The molecule has 112 valence electrons. The normalized spacial score (nSPS) is 20.1. The highest BCUT2D eigenvalue weighted by Gasteiger charge is 2.37. The molecule has 2 rings (SSSR count). The summed E-state index contributed by atoms with van der Waals surface area (Å²) in [5.74, 6) is 0. The lowest BCUT2D eigenvalue weighted by Gasteiger charge is -2.30. The first-order valence-corrected chi connectivity index (χ1v) is 8.21. The van der Waals surface area contributed by atoms with Crippen LogP contribution in [-0.2, 0) is 6.42 Å². The molecule has 0 aliphatic carbocycles. The average molecular weight is 274 g/mol. The fraction of sp³-hybridized carbons (Fsp3) is 0.667. The molecule has 0 aromatic heterocycles. The molecule has 0 spiro atoms. The molecule has 1 aliphatic rings. The number of nitrogens with two attached hydrogens (primary N) is 1. The second-order valence-corrected chi connectivity index (χ2v) is 6.34. The maximum Gasteiger partial charge on any atom is 0.0221 e. The number of benzene rings is 1. The van der Waals surface area contributed by atoms with Crippen LogP contribution in [0, 0.1) is 5.41 Å². The van der Waals surface area contributed by atoms with Crippen LogP contribution in [0.1, 0.15) is 45.1 Å².